The molecule has 25 heavy (non-hydrogen) atoms. The van der Waals surface area contributed by atoms with Crippen LogP contribution < -0.4 is 10.1 Å². The zero-order valence-corrected chi connectivity index (χ0v) is 16.1. The first-order valence-electron chi connectivity index (χ1n) is 8.55. The van der Waals surface area contributed by atoms with Gasteiger partial charge in [0.05, 0.1) is 12.6 Å². The Morgan fingerprint density at radius 1 is 1.48 bits per heavy atom. The van der Waals surface area contributed by atoms with Gasteiger partial charge in [0.15, 0.2) is 0 Å². The molecule has 3 rings (SSSR count). The molecule has 2 aromatic rings. The molecule has 134 valence electrons. The van der Waals surface area contributed by atoms with Crippen molar-refractivity contribution < 1.29 is 9.53 Å². The van der Waals surface area contributed by atoms with Gasteiger partial charge in [0.1, 0.15) is 11.9 Å². The first kappa shape index (κ1) is 18.2. The van der Waals surface area contributed by atoms with E-state index in [1.54, 1.807) is 11.3 Å². The summed E-state index contributed by atoms with van der Waals surface area (Å²) in [5.41, 5.74) is 1.02. The van der Waals surface area contributed by atoms with Gasteiger partial charge in [-0.3, -0.25) is 9.69 Å². The molecule has 1 aromatic carbocycles. The second-order valence-electron chi connectivity index (χ2n) is 6.39. The lowest BCUT2D eigenvalue weighted by molar-refractivity contribution is -0.123. The standard InChI is InChI=1S/C19H23ClN2O2S/c1-3-16(18-5-4-8-25-18)21-19(23)12-22-10-13(2)24-17-7-6-15(20)9-14(17)11-22/h4-9,13,16H,3,10-12H2,1-2H3,(H,21,23)/t13-,16-/m1/s1. The molecule has 0 aliphatic carbocycles. The van der Waals surface area contributed by atoms with Gasteiger partial charge in [0.25, 0.3) is 0 Å². The molecule has 0 spiro atoms. The molecule has 1 amide bonds. The van der Waals surface area contributed by atoms with E-state index >= 15 is 0 Å². The number of ether oxygens (including phenoxy) is 1. The van der Waals surface area contributed by atoms with E-state index in [1.807, 2.05) is 36.6 Å². The number of carbonyl (C=O) groups is 1. The van der Waals surface area contributed by atoms with E-state index in [2.05, 4.69) is 23.2 Å². The number of hydrogen-bond donors (Lipinski definition) is 1. The van der Waals surface area contributed by atoms with Crippen LogP contribution in [0.15, 0.2) is 35.7 Å². The number of thiophene rings is 1. The fraction of sp³-hybridized carbons (Fsp3) is 0.421. The molecule has 6 heteroatoms. The number of fused-ring (bicyclic) bond motifs is 1. The molecule has 1 N–H and O–H groups in total. The minimum Gasteiger partial charge on any atom is -0.489 e. The van der Waals surface area contributed by atoms with Crippen molar-refractivity contribution in [3.63, 3.8) is 0 Å². The molecule has 2 atom stereocenters. The Morgan fingerprint density at radius 2 is 2.32 bits per heavy atom. The molecule has 1 aliphatic heterocycles. The van der Waals surface area contributed by atoms with Crippen molar-refractivity contribution in [2.45, 2.75) is 39.0 Å². The molecule has 0 saturated carbocycles. The summed E-state index contributed by atoms with van der Waals surface area (Å²) in [5.74, 6) is 0.891. The second kappa shape index (κ2) is 8.21. The predicted octanol–water partition coefficient (Wildman–Crippen LogP) is 4.25. The van der Waals surface area contributed by atoms with Gasteiger partial charge >= 0.3 is 0 Å². The van der Waals surface area contributed by atoms with E-state index in [0.29, 0.717) is 24.7 Å². The third-order valence-corrected chi connectivity index (χ3v) is 5.48. The molecular formula is C19H23ClN2O2S. The summed E-state index contributed by atoms with van der Waals surface area (Å²) in [6.45, 7) is 5.82. The fourth-order valence-electron chi connectivity index (χ4n) is 3.14. The van der Waals surface area contributed by atoms with Gasteiger partial charge in [-0.2, -0.15) is 0 Å². The first-order chi connectivity index (χ1) is 12.0. The monoisotopic (exact) mass is 378 g/mol. The van der Waals surface area contributed by atoms with E-state index in [0.717, 1.165) is 17.7 Å². The number of hydrogen-bond acceptors (Lipinski definition) is 4. The predicted molar refractivity (Wildman–Crippen MR) is 102 cm³/mol. The Kier molecular flexibility index (Phi) is 5.99. The Bertz CT molecular complexity index is 720. The zero-order chi connectivity index (χ0) is 17.8. The number of amides is 1. The average Bonchev–Trinajstić information content (AvgIpc) is 3.04. The maximum absolute atomic E-state index is 12.6. The summed E-state index contributed by atoms with van der Waals surface area (Å²) in [4.78, 5) is 15.9. The maximum Gasteiger partial charge on any atom is 0.234 e. The number of halogens is 1. The minimum absolute atomic E-state index is 0.0227. The van der Waals surface area contributed by atoms with Crippen LogP contribution in [-0.4, -0.2) is 30.0 Å². The van der Waals surface area contributed by atoms with E-state index in [1.165, 1.54) is 4.88 Å². The van der Waals surface area contributed by atoms with Crippen molar-refractivity contribution in [3.8, 4) is 5.75 Å². The van der Waals surface area contributed by atoms with Crippen molar-refractivity contribution in [1.29, 1.82) is 0 Å². The molecule has 0 unspecified atom stereocenters. The van der Waals surface area contributed by atoms with Gasteiger partial charge < -0.3 is 10.1 Å². The SMILES string of the molecule is CC[C@@H](NC(=O)CN1Cc2cc(Cl)ccc2O[C@H](C)C1)c1cccs1. The number of rotatable bonds is 5. The quantitative estimate of drug-likeness (QED) is 0.845. The number of carbonyl (C=O) groups excluding carboxylic acids is 1. The number of nitrogens with zero attached hydrogens (tertiary/aromatic N) is 1. The smallest absolute Gasteiger partial charge is 0.234 e. The molecule has 2 heterocycles. The van der Waals surface area contributed by atoms with E-state index in [4.69, 9.17) is 16.3 Å². The lowest BCUT2D eigenvalue weighted by Gasteiger charge is -2.23. The molecule has 0 saturated heterocycles. The highest BCUT2D eigenvalue weighted by atomic mass is 35.5. The van der Waals surface area contributed by atoms with Crippen LogP contribution in [0.3, 0.4) is 0 Å². The van der Waals surface area contributed by atoms with Crippen LogP contribution in [-0.2, 0) is 11.3 Å². The molecular weight excluding hydrogens is 356 g/mol. The van der Waals surface area contributed by atoms with Crippen LogP contribution in [0.1, 0.15) is 36.8 Å². The Labute approximate surface area is 157 Å². The Morgan fingerprint density at radius 3 is 3.04 bits per heavy atom. The van der Waals surface area contributed by atoms with E-state index in [-0.39, 0.29) is 18.1 Å². The van der Waals surface area contributed by atoms with Gasteiger partial charge in [-0.25, -0.2) is 0 Å². The molecule has 0 radical (unpaired) electrons. The largest absolute Gasteiger partial charge is 0.489 e. The summed E-state index contributed by atoms with van der Waals surface area (Å²) in [5, 5.41) is 5.88. The summed E-state index contributed by atoms with van der Waals surface area (Å²) in [6, 6.07) is 9.82. The Hall–Kier alpha value is -1.56. The van der Waals surface area contributed by atoms with Gasteiger partial charge in [-0.15, -0.1) is 11.3 Å². The van der Waals surface area contributed by atoms with Crippen molar-refractivity contribution in [1.82, 2.24) is 10.2 Å². The van der Waals surface area contributed by atoms with E-state index < -0.39 is 0 Å². The van der Waals surface area contributed by atoms with Gasteiger partial charge in [-0.05, 0) is 43.0 Å². The third kappa shape index (κ3) is 4.75. The van der Waals surface area contributed by atoms with Crippen molar-refractivity contribution in [2.24, 2.45) is 0 Å². The Balaban J connectivity index is 1.66. The third-order valence-electron chi connectivity index (χ3n) is 4.26. The fourth-order valence-corrected chi connectivity index (χ4v) is 4.19. The zero-order valence-electron chi connectivity index (χ0n) is 14.5. The summed E-state index contributed by atoms with van der Waals surface area (Å²) in [6.07, 6.45) is 0.902. The van der Waals surface area contributed by atoms with Crippen LogP contribution in [0.5, 0.6) is 5.75 Å². The number of nitrogens with one attached hydrogen (secondary N) is 1. The summed E-state index contributed by atoms with van der Waals surface area (Å²) >= 11 is 7.79. The van der Waals surface area contributed by atoms with Crippen molar-refractivity contribution >= 4 is 28.8 Å². The topological polar surface area (TPSA) is 41.6 Å². The van der Waals surface area contributed by atoms with Crippen molar-refractivity contribution in [2.75, 3.05) is 13.1 Å². The molecule has 4 nitrogen and oxygen atoms in total. The van der Waals surface area contributed by atoms with Crippen LogP contribution >= 0.6 is 22.9 Å². The first-order valence-corrected chi connectivity index (χ1v) is 9.81. The molecule has 1 aliphatic rings. The highest BCUT2D eigenvalue weighted by Crippen LogP contribution is 2.28. The van der Waals surface area contributed by atoms with Gasteiger partial charge in [-0.1, -0.05) is 24.6 Å². The minimum atomic E-state index is 0.0227. The molecule has 1 aromatic heterocycles. The lowest BCUT2D eigenvalue weighted by atomic mass is 10.1. The normalized spacial score (nSPS) is 18.8. The van der Waals surface area contributed by atoms with E-state index in [9.17, 15) is 4.79 Å². The van der Waals surface area contributed by atoms with Crippen LogP contribution in [0.2, 0.25) is 5.02 Å². The van der Waals surface area contributed by atoms with Crippen LogP contribution in [0.4, 0.5) is 0 Å². The molecule has 0 fully saturated rings. The summed E-state index contributed by atoms with van der Waals surface area (Å²) < 4.78 is 5.95. The van der Waals surface area contributed by atoms with Crippen LogP contribution in [0, 0.1) is 0 Å². The number of benzene rings is 1. The van der Waals surface area contributed by atoms with Crippen LogP contribution in [0.25, 0.3) is 0 Å². The lowest BCUT2D eigenvalue weighted by Crippen LogP contribution is -2.40. The second-order valence-corrected chi connectivity index (χ2v) is 7.81. The highest BCUT2D eigenvalue weighted by Gasteiger charge is 2.23. The average molecular weight is 379 g/mol. The molecule has 0 bridgehead atoms. The maximum atomic E-state index is 12.6. The van der Waals surface area contributed by atoms with Gasteiger partial charge in [0.2, 0.25) is 5.91 Å². The highest BCUT2D eigenvalue weighted by molar-refractivity contribution is 7.10. The summed E-state index contributed by atoms with van der Waals surface area (Å²) in [7, 11) is 0. The van der Waals surface area contributed by atoms with Gasteiger partial charge in [0, 0.05) is 28.6 Å². The van der Waals surface area contributed by atoms with Crippen molar-refractivity contribution in [3.05, 3.63) is 51.2 Å².